The number of hydrogen-bond donors (Lipinski definition) is 0. The second-order valence-electron chi connectivity index (χ2n) is 12.1. The average Bonchev–Trinajstić information content (AvgIpc) is 3.74. The van der Waals surface area contributed by atoms with E-state index in [1.54, 1.807) is 6.26 Å². The lowest BCUT2D eigenvalue weighted by molar-refractivity contribution is 0.436. The second-order valence-corrected chi connectivity index (χ2v) is 12.1. The van der Waals surface area contributed by atoms with Gasteiger partial charge in [-0.15, -0.1) is 0 Å². The van der Waals surface area contributed by atoms with Crippen molar-refractivity contribution in [1.82, 2.24) is 9.97 Å². The zero-order chi connectivity index (χ0) is 31.0. The molecule has 0 saturated carbocycles. The summed E-state index contributed by atoms with van der Waals surface area (Å²) < 4.78 is 12.6. The molecule has 2 aromatic heterocycles. The van der Waals surface area contributed by atoms with Gasteiger partial charge in [0.15, 0.2) is 5.82 Å². The first kappa shape index (κ1) is 26.0. The molecule has 10 rings (SSSR count). The van der Waals surface area contributed by atoms with Crippen molar-refractivity contribution in [3.05, 3.63) is 180 Å². The Morgan fingerprint density at radius 1 is 0.468 bits per heavy atom. The Balaban J connectivity index is 1.34. The minimum absolute atomic E-state index is 0.602. The molecule has 0 fully saturated rings. The van der Waals surface area contributed by atoms with Gasteiger partial charge in [0.2, 0.25) is 0 Å². The van der Waals surface area contributed by atoms with E-state index in [1.165, 1.54) is 11.1 Å². The van der Waals surface area contributed by atoms with E-state index in [2.05, 4.69) is 115 Å². The zero-order valence-corrected chi connectivity index (χ0v) is 25.2. The largest absolute Gasteiger partial charge is 0.464 e. The molecule has 8 aromatic rings. The van der Waals surface area contributed by atoms with Gasteiger partial charge in [0.05, 0.1) is 23.1 Å². The third-order valence-corrected chi connectivity index (χ3v) is 9.66. The van der Waals surface area contributed by atoms with Crippen LogP contribution in [0.1, 0.15) is 22.3 Å². The first-order valence-electron chi connectivity index (χ1n) is 15.8. The van der Waals surface area contributed by atoms with E-state index >= 15 is 0 Å². The van der Waals surface area contributed by atoms with Gasteiger partial charge in [0.25, 0.3) is 0 Å². The molecule has 6 aromatic carbocycles. The molecule has 0 N–H and O–H groups in total. The monoisotopic (exact) mass is 602 g/mol. The highest BCUT2D eigenvalue weighted by atomic mass is 16.5. The number of hydrogen-bond acceptors (Lipinski definition) is 4. The van der Waals surface area contributed by atoms with Crippen molar-refractivity contribution >= 4 is 11.0 Å². The second kappa shape index (κ2) is 9.87. The van der Waals surface area contributed by atoms with Crippen molar-refractivity contribution in [2.75, 3.05) is 0 Å². The number of furan rings is 1. The van der Waals surface area contributed by atoms with Crippen molar-refractivity contribution in [3.8, 4) is 56.5 Å². The number of ether oxygens (including phenoxy) is 1. The fraction of sp³-hybridized carbons (Fsp3) is 0.0233. The fourth-order valence-corrected chi connectivity index (χ4v) is 7.75. The summed E-state index contributed by atoms with van der Waals surface area (Å²) in [5.74, 6) is 2.42. The summed E-state index contributed by atoms with van der Waals surface area (Å²) in [6.07, 6.45) is 1.79. The van der Waals surface area contributed by atoms with Gasteiger partial charge in [-0.1, -0.05) is 121 Å². The van der Waals surface area contributed by atoms with Crippen LogP contribution in [0.5, 0.6) is 11.5 Å². The van der Waals surface area contributed by atoms with E-state index in [0.717, 1.165) is 72.8 Å². The van der Waals surface area contributed by atoms with Gasteiger partial charge in [-0.05, 0) is 52.6 Å². The quantitative estimate of drug-likeness (QED) is 0.202. The molecule has 0 unspecified atom stereocenters. The van der Waals surface area contributed by atoms with E-state index in [-0.39, 0.29) is 0 Å². The molecule has 220 valence electrons. The van der Waals surface area contributed by atoms with Crippen molar-refractivity contribution < 1.29 is 9.15 Å². The molecule has 4 heteroatoms. The maximum absolute atomic E-state index is 6.57. The van der Waals surface area contributed by atoms with E-state index < -0.39 is 5.41 Å². The molecule has 2 aliphatic rings. The normalized spacial score (nSPS) is 13.4. The molecule has 4 nitrogen and oxygen atoms in total. The van der Waals surface area contributed by atoms with Crippen LogP contribution in [0.2, 0.25) is 0 Å². The summed E-state index contributed by atoms with van der Waals surface area (Å²) in [4.78, 5) is 10.4. The lowest BCUT2D eigenvalue weighted by atomic mass is 9.66. The smallest absolute Gasteiger partial charge is 0.160 e. The van der Waals surface area contributed by atoms with Gasteiger partial charge >= 0.3 is 0 Å². The Hall–Kier alpha value is -6.26. The van der Waals surface area contributed by atoms with Gasteiger partial charge < -0.3 is 9.15 Å². The van der Waals surface area contributed by atoms with E-state index in [9.17, 15) is 0 Å². The minimum atomic E-state index is -0.602. The zero-order valence-electron chi connectivity index (χ0n) is 25.2. The number of rotatable bonds is 3. The summed E-state index contributed by atoms with van der Waals surface area (Å²) in [6.45, 7) is 0. The standard InChI is InChI=1S/C43H26N2O2/c1-3-12-27(13-4-1)35-26-36(45-42(44-35)28-14-5-2-6-15-28)29-16-11-19-33-40(29)41-30-24-25-46-37(30)23-22-34(41)43(33)31-17-7-9-20-38(31)47-39-21-10-8-18-32(39)43/h1-26H. The SMILES string of the molecule is c1ccc(-c2cc(-c3cccc4c3-c3c(ccc5occc35)C43c4ccccc4Oc4ccccc43)nc(-c3ccccc3)n2)cc1. The maximum atomic E-state index is 6.57. The Labute approximate surface area is 271 Å². The summed E-state index contributed by atoms with van der Waals surface area (Å²) in [5.41, 5.74) is 12.0. The van der Waals surface area contributed by atoms with Crippen LogP contribution in [0.25, 0.3) is 56.0 Å². The Morgan fingerprint density at radius 3 is 1.83 bits per heavy atom. The van der Waals surface area contributed by atoms with Crippen molar-refractivity contribution in [2.45, 2.75) is 5.41 Å². The number of benzene rings is 6. The summed E-state index contributed by atoms with van der Waals surface area (Å²) in [7, 11) is 0. The molecule has 1 aliphatic carbocycles. The third kappa shape index (κ3) is 3.64. The van der Waals surface area contributed by atoms with Gasteiger partial charge in [0, 0.05) is 33.2 Å². The molecular weight excluding hydrogens is 576 g/mol. The first-order valence-corrected chi connectivity index (χ1v) is 15.8. The van der Waals surface area contributed by atoms with Crippen LogP contribution in [0.15, 0.2) is 162 Å². The summed E-state index contributed by atoms with van der Waals surface area (Å²) in [6, 6.07) is 52.7. The number of para-hydroxylation sites is 2. The number of fused-ring (bicyclic) bond motifs is 11. The number of aromatic nitrogens is 2. The molecule has 0 amide bonds. The molecule has 0 saturated heterocycles. The van der Waals surface area contributed by atoms with Crippen LogP contribution in [0.4, 0.5) is 0 Å². The topological polar surface area (TPSA) is 48.2 Å². The molecule has 3 heterocycles. The first-order chi connectivity index (χ1) is 23.3. The lowest BCUT2D eigenvalue weighted by Crippen LogP contribution is -2.32. The highest BCUT2D eigenvalue weighted by Crippen LogP contribution is 2.64. The van der Waals surface area contributed by atoms with E-state index in [0.29, 0.717) is 5.82 Å². The molecule has 0 radical (unpaired) electrons. The fourth-order valence-electron chi connectivity index (χ4n) is 7.75. The van der Waals surface area contributed by atoms with Crippen LogP contribution < -0.4 is 4.74 Å². The Bertz CT molecular complexity index is 2400. The molecule has 0 atom stereocenters. The van der Waals surface area contributed by atoms with Crippen molar-refractivity contribution in [2.24, 2.45) is 0 Å². The highest BCUT2D eigenvalue weighted by Gasteiger charge is 2.52. The van der Waals surface area contributed by atoms with Crippen LogP contribution in [-0.4, -0.2) is 9.97 Å². The highest BCUT2D eigenvalue weighted by molar-refractivity contribution is 6.07. The number of nitrogens with zero attached hydrogens (tertiary/aromatic N) is 2. The van der Waals surface area contributed by atoms with Gasteiger partial charge in [-0.3, -0.25) is 0 Å². The molecule has 1 spiro atoms. The van der Waals surface area contributed by atoms with Crippen LogP contribution in [0, 0.1) is 0 Å². The Morgan fingerprint density at radius 2 is 1.09 bits per heavy atom. The predicted molar refractivity (Wildman–Crippen MR) is 185 cm³/mol. The average molecular weight is 603 g/mol. The molecule has 0 bridgehead atoms. The predicted octanol–water partition coefficient (Wildman–Crippen LogP) is 10.7. The van der Waals surface area contributed by atoms with Crippen LogP contribution in [-0.2, 0) is 5.41 Å². The van der Waals surface area contributed by atoms with Gasteiger partial charge in [-0.2, -0.15) is 0 Å². The molecular formula is C43H26N2O2. The molecule has 47 heavy (non-hydrogen) atoms. The van der Waals surface area contributed by atoms with Gasteiger partial charge in [0.1, 0.15) is 17.1 Å². The lowest BCUT2D eigenvalue weighted by Gasteiger charge is -2.39. The summed E-state index contributed by atoms with van der Waals surface area (Å²) in [5, 5.41) is 1.08. The van der Waals surface area contributed by atoms with E-state index in [4.69, 9.17) is 19.1 Å². The minimum Gasteiger partial charge on any atom is -0.464 e. The summed E-state index contributed by atoms with van der Waals surface area (Å²) >= 11 is 0. The van der Waals surface area contributed by atoms with Crippen molar-refractivity contribution in [3.63, 3.8) is 0 Å². The van der Waals surface area contributed by atoms with Crippen LogP contribution >= 0.6 is 0 Å². The Kier molecular flexibility index (Phi) is 5.46. The maximum Gasteiger partial charge on any atom is 0.160 e. The van der Waals surface area contributed by atoms with Crippen molar-refractivity contribution in [1.29, 1.82) is 0 Å². The third-order valence-electron chi connectivity index (χ3n) is 9.66. The molecule has 1 aliphatic heterocycles. The van der Waals surface area contributed by atoms with Crippen LogP contribution in [0.3, 0.4) is 0 Å². The van der Waals surface area contributed by atoms with Gasteiger partial charge in [-0.25, -0.2) is 9.97 Å². The van der Waals surface area contributed by atoms with E-state index in [1.807, 2.05) is 36.4 Å².